The largest absolute Gasteiger partial charge is 0.348 e. The molecule has 0 aromatic heterocycles. The van der Waals surface area contributed by atoms with Crippen LogP contribution < -0.4 is 0 Å². The quantitative estimate of drug-likeness (QED) is 0.333. The van der Waals surface area contributed by atoms with Crippen LogP contribution in [0.4, 0.5) is 17.6 Å². The van der Waals surface area contributed by atoms with E-state index in [9.17, 15) is 17.6 Å². The molecule has 1 fully saturated rings. The van der Waals surface area contributed by atoms with E-state index < -0.39 is 29.6 Å². The van der Waals surface area contributed by atoms with Gasteiger partial charge >= 0.3 is 0 Å². The lowest BCUT2D eigenvalue weighted by Gasteiger charge is -2.29. The normalized spacial score (nSPS) is 18.4. The minimum absolute atomic E-state index is 0.113. The van der Waals surface area contributed by atoms with Crippen molar-refractivity contribution in [3.63, 3.8) is 0 Å². The molecule has 3 aromatic carbocycles. The van der Waals surface area contributed by atoms with Crippen molar-refractivity contribution in [1.29, 1.82) is 0 Å². The molecule has 2 nitrogen and oxygen atoms in total. The molecular formula is C26H22F4O2. The summed E-state index contributed by atoms with van der Waals surface area (Å²) >= 11 is 0. The molecule has 166 valence electrons. The second-order valence-corrected chi connectivity index (χ2v) is 7.91. The molecule has 1 heterocycles. The van der Waals surface area contributed by atoms with Gasteiger partial charge in [-0.25, -0.2) is 17.6 Å². The summed E-state index contributed by atoms with van der Waals surface area (Å²) in [5.74, 6) is 1.95. The molecule has 0 atom stereocenters. The zero-order valence-electron chi connectivity index (χ0n) is 17.6. The van der Waals surface area contributed by atoms with Crippen LogP contribution in [0.5, 0.6) is 0 Å². The van der Waals surface area contributed by atoms with Gasteiger partial charge in [0.05, 0.1) is 18.8 Å². The number of benzene rings is 3. The molecule has 0 spiro atoms. The Morgan fingerprint density at radius 3 is 2.28 bits per heavy atom. The van der Waals surface area contributed by atoms with E-state index in [4.69, 9.17) is 9.47 Å². The highest BCUT2D eigenvalue weighted by atomic mass is 19.2. The molecule has 0 N–H and O–H groups in total. The summed E-state index contributed by atoms with van der Waals surface area (Å²) in [5, 5.41) is 0.553. The summed E-state index contributed by atoms with van der Waals surface area (Å²) in [6.45, 7) is 3.09. The maximum absolute atomic E-state index is 14.6. The number of hydrogen-bond acceptors (Lipinski definition) is 2. The lowest BCUT2D eigenvalue weighted by Crippen LogP contribution is -2.27. The lowest BCUT2D eigenvalue weighted by atomic mass is 10.0. The third-order valence-electron chi connectivity index (χ3n) is 5.51. The van der Waals surface area contributed by atoms with Gasteiger partial charge in [0.15, 0.2) is 17.9 Å². The zero-order valence-corrected chi connectivity index (χ0v) is 17.6. The van der Waals surface area contributed by atoms with Crippen molar-refractivity contribution in [2.45, 2.75) is 32.5 Å². The summed E-state index contributed by atoms with van der Waals surface area (Å²) in [4.78, 5) is 0. The highest BCUT2D eigenvalue weighted by molar-refractivity contribution is 5.84. The Bertz CT molecular complexity index is 1160. The predicted octanol–water partition coefficient (Wildman–Crippen LogP) is 6.65. The van der Waals surface area contributed by atoms with Crippen molar-refractivity contribution in [2.75, 3.05) is 13.2 Å². The van der Waals surface area contributed by atoms with Gasteiger partial charge in [-0.3, -0.25) is 0 Å². The Kier molecular flexibility index (Phi) is 6.78. The van der Waals surface area contributed by atoms with Crippen molar-refractivity contribution in [1.82, 2.24) is 0 Å². The topological polar surface area (TPSA) is 18.5 Å². The molecule has 0 radical (unpaired) electrons. The SMILES string of the molecule is CCCCC1COC(c2cc(F)c(C#Cc3ccc4c(F)c(F)ccc4c3)c(F)c2)OC1. The molecule has 0 unspecified atom stereocenters. The van der Waals surface area contributed by atoms with E-state index in [1.165, 1.54) is 36.4 Å². The van der Waals surface area contributed by atoms with Gasteiger partial charge < -0.3 is 9.47 Å². The minimum Gasteiger partial charge on any atom is -0.348 e. The molecule has 0 amide bonds. The Morgan fingerprint density at radius 1 is 0.875 bits per heavy atom. The Labute approximate surface area is 184 Å². The summed E-state index contributed by atoms with van der Waals surface area (Å²) < 4.78 is 67.7. The third-order valence-corrected chi connectivity index (χ3v) is 5.51. The maximum atomic E-state index is 14.6. The van der Waals surface area contributed by atoms with Gasteiger partial charge in [-0.05, 0) is 42.1 Å². The van der Waals surface area contributed by atoms with Crippen LogP contribution in [-0.4, -0.2) is 13.2 Å². The van der Waals surface area contributed by atoms with Crippen LogP contribution in [0.2, 0.25) is 0 Å². The Morgan fingerprint density at radius 2 is 1.59 bits per heavy atom. The van der Waals surface area contributed by atoms with E-state index in [0.29, 0.717) is 24.2 Å². The van der Waals surface area contributed by atoms with Crippen LogP contribution in [0.15, 0.2) is 42.5 Å². The first-order chi connectivity index (χ1) is 15.5. The molecule has 3 aromatic rings. The first kappa shape index (κ1) is 22.3. The van der Waals surface area contributed by atoms with Crippen molar-refractivity contribution in [3.8, 4) is 11.8 Å². The fraction of sp³-hybridized carbons (Fsp3) is 0.308. The lowest BCUT2D eigenvalue weighted by molar-refractivity contribution is -0.206. The average molecular weight is 442 g/mol. The van der Waals surface area contributed by atoms with Crippen molar-refractivity contribution < 1.29 is 27.0 Å². The first-order valence-electron chi connectivity index (χ1n) is 10.6. The Hall–Kier alpha value is -2.88. The van der Waals surface area contributed by atoms with Crippen LogP contribution in [0.25, 0.3) is 10.8 Å². The highest BCUT2D eigenvalue weighted by Crippen LogP contribution is 2.29. The molecule has 0 saturated carbocycles. The number of ether oxygens (including phenoxy) is 2. The van der Waals surface area contributed by atoms with Crippen LogP contribution >= 0.6 is 0 Å². The molecule has 0 bridgehead atoms. The minimum atomic E-state index is -0.946. The highest BCUT2D eigenvalue weighted by Gasteiger charge is 2.25. The second-order valence-electron chi connectivity index (χ2n) is 7.91. The predicted molar refractivity (Wildman–Crippen MR) is 114 cm³/mol. The second kappa shape index (κ2) is 9.72. The molecule has 6 heteroatoms. The van der Waals surface area contributed by atoms with E-state index in [-0.39, 0.29) is 22.4 Å². The van der Waals surface area contributed by atoms with Crippen molar-refractivity contribution >= 4 is 10.8 Å². The first-order valence-corrected chi connectivity index (χ1v) is 10.6. The summed E-state index contributed by atoms with van der Waals surface area (Å²) in [6.07, 6.45) is 2.36. The molecule has 1 aliphatic heterocycles. The smallest absolute Gasteiger partial charge is 0.184 e. The maximum Gasteiger partial charge on any atom is 0.184 e. The van der Waals surface area contributed by atoms with Crippen LogP contribution in [-0.2, 0) is 9.47 Å². The van der Waals surface area contributed by atoms with Crippen molar-refractivity contribution in [2.24, 2.45) is 5.92 Å². The fourth-order valence-corrected chi connectivity index (χ4v) is 3.72. The van der Waals surface area contributed by atoms with E-state index in [1.807, 2.05) is 0 Å². The zero-order chi connectivity index (χ0) is 22.7. The van der Waals surface area contributed by atoms with Gasteiger partial charge in [0.25, 0.3) is 0 Å². The number of hydrogen-bond donors (Lipinski definition) is 0. The molecule has 1 aliphatic rings. The Balaban J connectivity index is 1.52. The molecule has 1 saturated heterocycles. The van der Waals surface area contributed by atoms with Gasteiger partial charge in [0, 0.05) is 22.4 Å². The van der Waals surface area contributed by atoms with Gasteiger partial charge in [-0.1, -0.05) is 43.7 Å². The van der Waals surface area contributed by atoms with E-state index in [0.717, 1.165) is 25.3 Å². The standard InChI is InChI=1S/C26H22F4O2/c1-2-3-4-17-14-31-26(32-15-17)19-12-23(28)21(24(29)13-19)9-6-16-5-8-20-18(11-16)7-10-22(27)25(20)30/h5,7-8,10-13,17,26H,2-4,14-15H2,1H3. The molecule has 4 rings (SSSR count). The van der Waals surface area contributed by atoms with Gasteiger partial charge in [0.2, 0.25) is 0 Å². The number of fused-ring (bicyclic) bond motifs is 1. The van der Waals surface area contributed by atoms with E-state index in [2.05, 4.69) is 18.8 Å². The third kappa shape index (κ3) is 4.79. The number of rotatable bonds is 4. The molecular weight excluding hydrogens is 420 g/mol. The number of unbranched alkanes of at least 4 members (excludes halogenated alkanes) is 1. The van der Waals surface area contributed by atoms with Crippen molar-refractivity contribution in [3.05, 3.63) is 82.4 Å². The van der Waals surface area contributed by atoms with Crippen LogP contribution in [0.1, 0.15) is 49.2 Å². The summed E-state index contributed by atoms with van der Waals surface area (Å²) in [6, 6.07) is 9.18. The van der Waals surface area contributed by atoms with Crippen LogP contribution in [0, 0.1) is 41.0 Å². The van der Waals surface area contributed by atoms with Crippen LogP contribution in [0.3, 0.4) is 0 Å². The van der Waals surface area contributed by atoms with E-state index in [1.54, 1.807) is 0 Å². The fourth-order valence-electron chi connectivity index (χ4n) is 3.72. The van der Waals surface area contributed by atoms with E-state index >= 15 is 0 Å². The monoisotopic (exact) mass is 442 g/mol. The molecule has 0 aliphatic carbocycles. The average Bonchev–Trinajstić information content (AvgIpc) is 2.80. The van der Waals surface area contributed by atoms with Gasteiger partial charge in [0.1, 0.15) is 11.6 Å². The summed E-state index contributed by atoms with van der Waals surface area (Å²) in [5.41, 5.74) is 0.307. The van der Waals surface area contributed by atoms with Gasteiger partial charge in [-0.2, -0.15) is 0 Å². The molecule has 32 heavy (non-hydrogen) atoms. The van der Waals surface area contributed by atoms with Gasteiger partial charge in [-0.15, -0.1) is 0 Å². The summed E-state index contributed by atoms with van der Waals surface area (Å²) in [7, 11) is 0. The number of halogens is 4.